The minimum Gasteiger partial charge on any atom is -0.438 e. The van der Waals surface area contributed by atoms with Crippen LogP contribution in [0.2, 0.25) is 0 Å². The highest BCUT2D eigenvalue weighted by atomic mass is 32.1. The first-order valence-corrected chi connectivity index (χ1v) is 9.94. The maximum absolute atomic E-state index is 13.3. The predicted octanol–water partition coefficient (Wildman–Crippen LogP) is 3.39. The molecule has 0 saturated carbocycles. The third-order valence-electron chi connectivity index (χ3n) is 5.29. The highest BCUT2D eigenvalue weighted by molar-refractivity contribution is 7.47. The van der Waals surface area contributed by atoms with E-state index in [-0.39, 0.29) is 11.9 Å². The summed E-state index contributed by atoms with van der Waals surface area (Å²) in [6.07, 6.45) is 12.9. The van der Waals surface area contributed by atoms with Crippen molar-refractivity contribution in [2.45, 2.75) is 39.2 Å². The number of hydrogen-bond donors (Lipinski definition) is 1. The zero-order valence-electron chi connectivity index (χ0n) is 16.3. The molecule has 0 aliphatic carbocycles. The quantitative estimate of drug-likeness (QED) is 0.812. The van der Waals surface area contributed by atoms with Gasteiger partial charge in [0.15, 0.2) is 6.39 Å². The van der Waals surface area contributed by atoms with Crippen LogP contribution in [0.4, 0.5) is 0 Å². The molecule has 0 fully saturated rings. The maximum atomic E-state index is 13.3. The van der Waals surface area contributed by atoms with E-state index in [0.29, 0.717) is 30.8 Å². The summed E-state index contributed by atoms with van der Waals surface area (Å²) >= 11 is 4.93. The Morgan fingerprint density at radius 3 is 3.14 bits per heavy atom. The molecule has 150 valence electrons. The fraction of sp³-hybridized carbons (Fsp3) is 0.350. The number of H-pyrrole nitrogens is 1. The largest absolute Gasteiger partial charge is 0.438 e. The van der Waals surface area contributed by atoms with Crippen molar-refractivity contribution in [3.8, 4) is 0 Å². The van der Waals surface area contributed by atoms with Crippen molar-refractivity contribution in [1.82, 2.24) is 24.9 Å². The molecule has 0 radical (unpaired) electrons. The van der Waals surface area contributed by atoms with E-state index < -0.39 is 0 Å². The number of oxazole rings is 1. The lowest BCUT2D eigenvalue weighted by atomic mass is 9.98. The normalized spacial score (nSPS) is 20.0. The first kappa shape index (κ1) is 19.3. The molecule has 2 aromatic rings. The molecule has 0 unspecified atom stereocenters. The summed E-state index contributed by atoms with van der Waals surface area (Å²) in [5.41, 5.74) is 4.44. The Kier molecular flexibility index (Phi) is 5.39. The number of nitrogens with one attached hydrogen (secondary N) is 1. The molecular formula is C20H22N6O2S. The van der Waals surface area contributed by atoms with Crippen LogP contribution in [0.15, 0.2) is 57.3 Å². The number of fused-ring (bicyclic) bond motifs is 1. The molecule has 1 N–H and O–H groups in total. The van der Waals surface area contributed by atoms with E-state index in [1.54, 1.807) is 11.3 Å². The Hall–Kier alpha value is -3.07. The lowest BCUT2D eigenvalue weighted by molar-refractivity contribution is 0.0622. The number of aromatic amines is 1. The van der Waals surface area contributed by atoms with Gasteiger partial charge in [0.05, 0.1) is 41.9 Å². The van der Waals surface area contributed by atoms with Crippen LogP contribution in [0, 0.1) is 0 Å². The van der Waals surface area contributed by atoms with E-state index in [9.17, 15) is 4.79 Å². The first-order chi connectivity index (χ1) is 14.1. The number of amides is 1. The molecule has 0 bridgehead atoms. The SMILES string of the molecule is CCc1ncoc1C(=O)N1CCc2[nH]cnc2[C@@H]1C/C=C1/C=CC=C(C)N1N=S. The second-order valence-corrected chi connectivity index (χ2v) is 7.10. The van der Waals surface area contributed by atoms with Gasteiger partial charge >= 0.3 is 0 Å². The van der Waals surface area contributed by atoms with Crippen LogP contribution in [0.25, 0.3) is 0 Å². The third-order valence-corrected chi connectivity index (χ3v) is 5.46. The van der Waals surface area contributed by atoms with Crippen molar-refractivity contribution >= 4 is 18.3 Å². The second-order valence-electron chi connectivity index (χ2n) is 6.94. The summed E-state index contributed by atoms with van der Waals surface area (Å²) in [5, 5.41) is 1.71. The number of carbonyl (C=O) groups is 1. The lowest BCUT2D eigenvalue weighted by Crippen LogP contribution is -2.40. The molecule has 4 heterocycles. The number of carbonyl (C=O) groups excluding carboxylic acids is 1. The Labute approximate surface area is 174 Å². The summed E-state index contributed by atoms with van der Waals surface area (Å²) in [6, 6.07) is -0.216. The molecule has 1 amide bonds. The van der Waals surface area contributed by atoms with Gasteiger partial charge in [-0.1, -0.05) is 23.5 Å². The van der Waals surface area contributed by atoms with Crippen LogP contribution in [-0.4, -0.2) is 37.3 Å². The fourth-order valence-corrected chi connectivity index (χ4v) is 4.01. The minimum atomic E-state index is -0.216. The van der Waals surface area contributed by atoms with E-state index in [1.807, 2.05) is 43.1 Å². The molecule has 0 spiro atoms. The van der Waals surface area contributed by atoms with Gasteiger partial charge < -0.3 is 14.3 Å². The average molecular weight is 411 g/mol. The zero-order chi connectivity index (χ0) is 20.4. The van der Waals surface area contributed by atoms with Crippen LogP contribution >= 0.6 is 0 Å². The van der Waals surface area contributed by atoms with Gasteiger partial charge in [-0.15, -0.1) is 0 Å². The van der Waals surface area contributed by atoms with E-state index in [0.717, 1.165) is 29.2 Å². The Bertz CT molecular complexity index is 1020. The zero-order valence-corrected chi connectivity index (χ0v) is 17.1. The highest BCUT2D eigenvalue weighted by Gasteiger charge is 2.35. The van der Waals surface area contributed by atoms with Crippen LogP contribution in [-0.2, 0) is 25.3 Å². The second kappa shape index (κ2) is 8.12. The van der Waals surface area contributed by atoms with Gasteiger partial charge in [0.2, 0.25) is 5.76 Å². The summed E-state index contributed by atoms with van der Waals surface area (Å²) in [4.78, 5) is 27.0. The summed E-state index contributed by atoms with van der Waals surface area (Å²) < 4.78 is 9.36. The number of aryl methyl sites for hydroxylation is 1. The van der Waals surface area contributed by atoms with E-state index >= 15 is 0 Å². The van der Waals surface area contributed by atoms with Gasteiger partial charge in [-0.2, -0.15) is 0 Å². The average Bonchev–Trinajstić information content (AvgIpc) is 3.40. The van der Waals surface area contributed by atoms with Crippen LogP contribution in [0.1, 0.15) is 53.9 Å². The summed E-state index contributed by atoms with van der Waals surface area (Å²) in [5.74, 6) is 0.152. The molecule has 2 aromatic heterocycles. The van der Waals surface area contributed by atoms with Crippen LogP contribution in [0.3, 0.4) is 0 Å². The molecule has 9 heteroatoms. The fourth-order valence-electron chi connectivity index (χ4n) is 3.79. The van der Waals surface area contributed by atoms with Gasteiger partial charge in [-0.3, -0.25) is 4.79 Å². The summed E-state index contributed by atoms with van der Waals surface area (Å²) in [6.45, 7) is 4.48. The topological polar surface area (TPSA) is 90.6 Å². The molecule has 0 saturated heterocycles. The molecule has 4 rings (SSSR count). The van der Waals surface area contributed by atoms with Crippen molar-refractivity contribution in [3.63, 3.8) is 0 Å². The number of rotatable bonds is 5. The van der Waals surface area contributed by atoms with Crippen molar-refractivity contribution in [3.05, 3.63) is 71.3 Å². The molecule has 2 aliphatic heterocycles. The Morgan fingerprint density at radius 2 is 2.34 bits per heavy atom. The predicted molar refractivity (Wildman–Crippen MR) is 109 cm³/mol. The smallest absolute Gasteiger partial charge is 0.292 e. The van der Waals surface area contributed by atoms with Gasteiger partial charge in [0.25, 0.3) is 5.91 Å². The van der Waals surface area contributed by atoms with Gasteiger partial charge in [0, 0.05) is 24.4 Å². The van der Waals surface area contributed by atoms with Crippen molar-refractivity contribution in [2.75, 3.05) is 6.54 Å². The van der Waals surface area contributed by atoms with Gasteiger partial charge in [-0.25, -0.2) is 15.0 Å². The van der Waals surface area contributed by atoms with Crippen LogP contribution < -0.4 is 0 Å². The molecule has 2 aliphatic rings. The van der Waals surface area contributed by atoms with Gasteiger partial charge in [-0.05, 0) is 31.9 Å². The minimum absolute atomic E-state index is 0.156. The summed E-state index contributed by atoms with van der Waals surface area (Å²) in [7, 11) is 0. The van der Waals surface area contributed by atoms with Crippen molar-refractivity contribution in [1.29, 1.82) is 0 Å². The van der Waals surface area contributed by atoms with E-state index in [1.165, 1.54) is 6.39 Å². The molecule has 1 atom stereocenters. The number of hydrogen-bond acceptors (Lipinski definition) is 6. The molecule has 8 nitrogen and oxygen atoms in total. The third kappa shape index (κ3) is 3.53. The molecule has 0 aromatic carbocycles. The van der Waals surface area contributed by atoms with Crippen LogP contribution in [0.5, 0.6) is 0 Å². The standard InChI is InChI=1S/C20H22N6O2S/c1-3-15-19(28-12-23-15)20(27)25-10-9-16-18(22-11-21-16)17(25)8-7-14-6-4-5-13(2)26(14)24-29/h4-7,11-12,17H,3,8-10H2,1-2H3,(H,21,22)/b14-7-/t17-/m0/s1. The number of aromatic nitrogens is 3. The molecular weight excluding hydrogens is 388 g/mol. The van der Waals surface area contributed by atoms with E-state index in [4.69, 9.17) is 16.8 Å². The monoisotopic (exact) mass is 410 g/mol. The lowest BCUT2D eigenvalue weighted by Gasteiger charge is -2.34. The number of imidazole rings is 1. The maximum Gasteiger partial charge on any atom is 0.292 e. The van der Waals surface area contributed by atoms with E-state index in [2.05, 4.69) is 19.4 Å². The Morgan fingerprint density at radius 1 is 1.48 bits per heavy atom. The number of allylic oxidation sites excluding steroid dienone is 4. The van der Waals surface area contributed by atoms with Gasteiger partial charge in [0.1, 0.15) is 0 Å². The number of nitrogens with zero attached hydrogens (tertiary/aromatic N) is 5. The first-order valence-electron chi connectivity index (χ1n) is 9.58. The highest BCUT2D eigenvalue weighted by Crippen LogP contribution is 2.33. The molecule has 29 heavy (non-hydrogen) atoms. The van der Waals surface area contributed by atoms with Crippen molar-refractivity contribution < 1.29 is 9.21 Å². The Balaban J connectivity index is 1.65. The van der Waals surface area contributed by atoms with Crippen molar-refractivity contribution in [2.24, 2.45) is 4.47 Å².